The lowest BCUT2D eigenvalue weighted by molar-refractivity contribution is -0.274. The van der Waals surface area contributed by atoms with E-state index in [0.29, 0.717) is 0 Å². The maximum atomic E-state index is 13.0. The highest BCUT2D eigenvalue weighted by atomic mass is 35.5. The summed E-state index contributed by atoms with van der Waals surface area (Å²) < 4.78 is 65.5. The summed E-state index contributed by atoms with van der Waals surface area (Å²) in [5.41, 5.74) is 3.55. The summed E-state index contributed by atoms with van der Waals surface area (Å²) in [7, 11) is 0. The van der Waals surface area contributed by atoms with Crippen molar-refractivity contribution >= 4 is 11.6 Å². The zero-order valence-corrected chi connectivity index (χ0v) is 9.45. The predicted molar refractivity (Wildman–Crippen MR) is 53.6 cm³/mol. The Bertz CT molecular complexity index is 490. The molecule has 0 spiro atoms. The summed E-state index contributed by atoms with van der Waals surface area (Å²) in [6.07, 6.45) is -5.45. The summed E-state index contributed by atoms with van der Waals surface area (Å²) in [5.74, 6) is -3.72. The van der Waals surface area contributed by atoms with Gasteiger partial charge in [0.1, 0.15) is 11.3 Å². The second-order valence-corrected chi connectivity index (χ2v) is 4.45. The molecule has 1 fully saturated rings. The van der Waals surface area contributed by atoms with Crippen molar-refractivity contribution in [3.05, 3.63) is 28.8 Å². The van der Waals surface area contributed by atoms with Gasteiger partial charge in [-0.15, -0.1) is 13.2 Å². The number of rotatable bonds is 2. The normalized spacial score (nSPS) is 25.9. The van der Waals surface area contributed by atoms with Gasteiger partial charge in [-0.1, -0.05) is 17.7 Å². The zero-order chi connectivity index (χ0) is 13.8. The molecule has 0 heterocycles. The number of ether oxygens (including phenoxy) is 1. The summed E-state index contributed by atoms with van der Waals surface area (Å²) >= 11 is 5.54. The van der Waals surface area contributed by atoms with Crippen LogP contribution in [-0.4, -0.2) is 12.3 Å². The molecule has 0 amide bonds. The summed E-state index contributed by atoms with van der Waals surface area (Å²) in [4.78, 5) is 0. The fourth-order valence-electron chi connectivity index (χ4n) is 1.61. The summed E-state index contributed by atoms with van der Waals surface area (Å²) in [6.45, 7) is 0. The molecular formula is C10H7ClF5NO. The number of alkyl halides is 5. The van der Waals surface area contributed by atoms with E-state index in [1.807, 2.05) is 0 Å². The van der Waals surface area contributed by atoms with Crippen LogP contribution in [0.15, 0.2) is 18.2 Å². The van der Waals surface area contributed by atoms with Crippen LogP contribution in [0.4, 0.5) is 22.0 Å². The van der Waals surface area contributed by atoms with Crippen molar-refractivity contribution in [2.45, 2.75) is 24.2 Å². The van der Waals surface area contributed by atoms with E-state index in [-0.39, 0.29) is 5.56 Å². The van der Waals surface area contributed by atoms with E-state index >= 15 is 0 Å². The topological polar surface area (TPSA) is 35.2 Å². The van der Waals surface area contributed by atoms with Crippen LogP contribution in [0.1, 0.15) is 12.0 Å². The van der Waals surface area contributed by atoms with Crippen molar-refractivity contribution < 1.29 is 26.7 Å². The van der Waals surface area contributed by atoms with E-state index < -0.39 is 35.0 Å². The molecule has 0 bridgehead atoms. The minimum atomic E-state index is -4.89. The van der Waals surface area contributed by atoms with Crippen LogP contribution < -0.4 is 10.5 Å². The number of hydrogen-bond acceptors (Lipinski definition) is 2. The van der Waals surface area contributed by atoms with Crippen molar-refractivity contribution in [1.29, 1.82) is 0 Å². The Morgan fingerprint density at radius 1 is 1.28 bits per heavy atom. The second-order valence-electron chi connectivity index (χ2n) is 4.05. The zero-order valence-electron chi connectivity index (χ0n) is 8.69. The Kier molecular flexibility index (Phi) is 2.75. The first-order valence-corrected chi connectivity index (χ1v) is 5.15. The molecule has 0 radical (unpaired) electrons. The van der Waals surface area contributed by atoms with Gasteiger partial charge in [0.25, 0.3) is 5.92 Å². The predicted octanol–water partition coefficient (Wildman–Crippen LogP) is 3.43. The van der Waals surface area contributed by atoms with Gasteiger partial charge in [0.2, 0.25) is 0 Å². The van der Waals surface area contributed by atoms with Crippen LogP contribution in [0.3, 0.4) is 0 Å². The Hall–Kier alpha value is -1.08. The first kappa shape index (κ1) is 13.4. The number of nitrogens with two attached hydrogens (primary N) is 1. The van der Waals surface area contributed by atoms with Gasteiger partial charge in [0.05, 0.1) is 5.02 Å². The quantitative estimate of drug-likeness (QED) is 0.846. The maximum Gasteiger partial charge on any atom is 0.573 e. The van der Waals surface area contributed by atoms with Gasteiger partial charge >= 0.3 is 6.36 Å². The molecule has 2 rings (SSSR count). The van der Waals surface area contributed by atoms with Crippen molar-refractivity contribution in [2.75, 3.05) is 0 Å². The van der Waals surface area contributed by atoms with Crippen molar-refractivity contribution in [3.8, 4) is 5.75 Å². The Morgan fingerprint density at radius 3 is 2.22 bits per heavy atom. The van der Waals surface area contributed by atoms with E-state index in [1.54, 1.807) is 0 Å². The van der Waals surface area contributed by atoms with Crippen LogP contribution in [-0.2, 0) is 5.54 Å². The molecule has 8 heteroatoms. The summed E-state index contributed by atoms with van der Waals surface area (Å²) in [5, 5.41) is -0.419. The van der Waals surface area contributed by atoms with Crippen LogP contribution >= 0.6 is 11.6 Å². The number of hydrogen-bond donors (Lipinski definition) is 1. The molecule has 1 aromatic rings. The van der Waals surface area contributed by atoms with E-state index in [9.17, 15) is 22.0 Å². The molecule has 1 saturated carbocycles. The molecule has 2 nitrogen and oxygen atoms in total. The largest absolute Gasteiger partial charge is 0.573 e. The van der Waals surface area contributed by atoms with Crippen LogP contribution in [0, 0.1) is 0 Å². The van der Waals surface area contributed by atoms with Gasteiger partial charge in [0, 0.05) is 6.42 Å². The highest BCUT2D eigenvalue weighted by molar-refractivity contribution is 6.32. The molecule has 18 heavy (non-hydrogen) atoms. The average Bonchev–Trinajstić information content (AvgIpc) is 2.68. The van der Waals surface area contributed by atoms with E-state index in [0.717, 1.165) is 18.2 Å². The van der Waals surface area contributed by atoms with Gasteiger partial charge < -0.3 is 10.5 Å². The third-order valence-corrected chi connectivity index (χ3v) is 3.00. The minimum absolute atomic E-state index is 0.0213. The van der Waals surface area contributed by atoms with Crippen molar-refractivity contribution in [2.24, 2.45) is 5.73 Å². The Morgan fingerprint density at radius 2 is 1.83 bits per heavy atom. The van der Waals surface area contributed by atoms with Crippen molar-refractivity contribution in [1.82, 2.24) is 0 Å². The highest BCUT2D eigenvalue weighted by Crippen LogP contribution is 2.58. The molecule has 1 aliphatic rings. The molecular weight excluding hydrogens is 281 g/mol. The molecule has 1 aliphatic carbocycles. The Labute approximate surface area is 103 Å². The first-order chi connectivity index (χ1) is 8.05. The molecule has 100 valence electrons. The van der Waals surface area contributed by atoms with Gasteiger partial charge in [-0.2, -0.15) is 0 Å². The van der Waals surface area contributed by atoms with Crippen LogP contribution in [0.5, 0.6) is 5.75 Å². The van der Waals surface area contributed by atoms with Crippen LogP contribution in [0.2, 0.25) is 5.02 Å². The molecule has 1 unspecified atom stereocenters. The first-order valence-electron chi connectivity index (χ1n) is 4.78. The highest BCUT2D eigenvalue weighted by Gasteiger charge is 2.70. The van der Waals surface area contributed by atoms with E-state index in [4.69, 9.17) is 17.3 Å². The Balaban J connectivity index is 2.27. The summed E-state index contributed by atoms with van der Waals surface area (Å²) in [6, 6.07) is 2.88. The van der Waals surface area contributed by atoms with E-state index in [2.05, 4.69) is 4.74 Å². The molecule has 1 aromatic carbocycles. The monoisotopic (exact) mass is 287 g/mol. The molecule has 0 saturated heterocycles. The lowest BCUT2D eigenvalue weighted by Crippen LogP contribution is -2.27. The second kappa shape index (κ2) is 3.71. The van der Waals surface area contributed by atoms with Gasteiger partial charge in [0.15, 0.2) is 0 Å². The number of halogens is 6. The smallest absolute Gasteiger partial charge is 0.404 e. The SMILES string of the molecule is NC1(c2ccc(OC(F)(F)F)c(Cl)c2)CC1(F)F. The fraction of sp³-hybridized carbons (Fsp3) is 0.400. The minimum Gasteiger partial charge on any atom is -0.404 e. The molecule has 1 atom stereocenters. The third kappa shape index (κ3) is 2.24. The van der Waals surface area contributed by atoms with E-state index in [1.165, 1.54) is 0 Å². The average molecular weight is 288 g/mol. The fourth-order valence-corrected chi connectivity index (χ4v) is 1.82. The standard InChI is InChI=1S/C10H7ClF5NO/c11-6-3-5(8(17)4-9(8,12)13)1-2-7(6)18-10(14,15)16/h1-3H,4,17H2. The van der Waals surface area contributed by atoms with Gasteiger partial charge in [-0.3, -0.25) is 0 Å². The molecule has 0 aromatic heterocycles. The van der Waals surface area contributed by atoms with Gasteiger partial charge in [-0.25, -0.2) is 8.78 Å². The maximum absolute atomic E-state index is 13.0. The number of benzene rings is 1. The van der Waals surface area contributed by atoms with Gasteiger partial charge in [-0.05, 0) is 17.7 Å². The third-order valence-electron chi connectivity index (χ3n) is 2.70. The van der Waals surface area contributed by atoms with Crippen molar-refractivity contribution in [3.63, 3.8) is 0 Å². The molecule has 0 aliphatic heterocycles. The van der Waals surface area contributed by atoms with Crippen LogP contribution in [0.25, 0.3) is 0 Å². The lowest BCUT2D eigenvalue weighted by Gasteiger charge is -2.14. The molecule has 2 N–H and O–H groups in total. The lowest BCUT2D eigenvalue weighted by atomic mass is 10.1.